The van der Waals surface area contributed by atoms with Crippen molar-refractivity contribution in [1.29, 1.82) is 0 Å². The fraction of sp³-hybridized carbons (Fsp3) is 0.435. The predicted octanol–water partition coefficient (Wildman–Crippen LogP) is 3.98. The number of carboxylic acid groups (broad SMARTS) is 1. The first-order valence-corrected chi connectivity index (χ1v) is 9.62. The summed E-state index contributed by atoms with van der Waals surface area (Å²) in [6.45, 7) is 12.9. The molecule has 0 saturated carbocycles. The fourth-order valence-corrected chi connectivity index (χ4v) is 3.34. The van der Waals surface area contributed by atoms with Crippen LogP contribution in [0.25, 0.3) is 6.08 Å². The molecular weight excluding hydrogens is 372 g/mol. The van der Waals surface area contributed by atoms with Crippen molar-refractivity contribution < 1.29 is 30.0 Å². The van der Waals surface area contributed by atoms with E-state index in [2.05, 4.69) is 13.2 Å². The summed E-state index contributed by atoms with van der Waals surface area (Å²) in [6, 6.07) is 1.61. The fourth-order valence-electron chi connectivity index (χ4n) is 3.34. The van der Waals surface area contributed by atoms with Crippen molar-refractivity contribution in [2.24, 2.45) is 0 Å². The van der Waals surface area contributed by atoms with Gasteiger partial charge in [-0.25, -0.2) is 4.79 Å². The average Bonchev–Trinajstić information content (AvgIpc) is 2.63. The van der Waals surface area contributed by atoms with E-state index in [1.165, 1.54) is 0 Å². The second-order valence-corrected chi connectivity index (χ2v) is 8.00. The van der Waals surface area contributed by atoms with Gasteiger partial charge in [-0.05, 0) is 75.8 Å². The second kappa shape index (κ2) is 8.84. The van der Waals surface area contributed by atoms with E-state index in [1.807, 2.05) is 6.92 Å². The van der Waals surface area contributed by atoms with Gasteiger partial charge in [-0.3, -0.25) is 0 Å². The zero-order valence-electron chi connectivity index (χ0n) is 17.2. The number of carbonyl (C=O) groups is 1. The molecule has 6 heteroatoms. The van der Waals surface area contributed by atoms with Gasteiger partial charge in [-0.15, -0.1) is 0 Å². The molecule has 0 fully saturated rings. The maximum Gasteiger partial charge on any atom is 0.339 e. The van der Waals surface area contributed by atoms with Crippen LogP contribution in [0, 0.1) is 6.92 Å². The first-order chi connectivity index (χ1) is 13.4. The monoisotopic (exact) mass is 402 g/mol. The van der Waals surface area contributed by atoms with Gasteiger partial charge in [0.15, 0.2) is 0 Å². The minimum atomic E-state index is -1.19. The van der Waals surface area contributed by atoms with Gasteiger partial charge in [0.2, 0.25) is 0 Å². The Labute approximate surface area is 171 Å². The third kappa shape index (κ3) is 5.28. The highest BCUT2D eigenvalue weighted by Gasteiger charge is 2.31. The van der Waals surface area contributed by atoms with Crippen LogP contribution in [0.5, 0.6) is 11.5 Å². The zero-order valence-corrected chi connectivity index (χ0v) is 17.2. The van der Waals surface area contributed by atoms with Crippen LogP contribution in [0.3, 0.4) is 0 Å². The molecule has 1 aliphatic rings. The summed E-state index contributed by atoms with van der Waals surface area (Å²) in [7, 11) is 0. The molecule has 29 heavy (non-hydrogen) atoms. The standard InChI is InChI=1S/C23H30O6/c1-13(2)17(24)7-6-14(3)18(25)9-11-23(5)10-8-16-19(29-23)12-15(4)20(21(16)26)22(27)28/h8,10,12,17-18,24-26H,1,3,6-7,9,11H2,2,4-5H3,(H,27,28)/t17-,18-,23+/m1/s1. The van der Waals surface area contributed by atoms with E-state index < -0.39 is 23.8 Å². The molecule has 1 aliphatic heterocycles. The van der Waals surface area contributed by atoms with Crippen LogP contribution in [-0.4, -0.2) is 44.2 Å². The molecule has 4 N–H and O–H groups in total. The second-order valence-electron chi connectivity index (χ2n) is 8.00. The molecule has 1 heterocycles. The molecule has 0 amide bonds. The molecule has 6 nitrogen and oxygen atoms in total. The lowest BCUT2D eigenvalue weighted by Crippen LogP contribution is -2.33. The van der Waals surface area contributed by atoms with Crippen LogP contribution in [0.2, 0.25) is 0 Å². The number of fused-ring (bicyclic) bond motifs is 1. The van der Waals surface area contributed by atoms with Crippen LogP contribution in [-0.2, 0) is 0 Å². The number of hydrogen-bond acceptors (Lipinski definition) is 5. The lowest BCUT2D eigenvalue weighted by atomic mass is 9.90. The molecule has 0 bridgehead atoms. The van der Waals surface area contributed by atoms with E-state index in [9.17, 15) is 25.2 Å². The van der Waals surface area contributed by atoms with Gasteiger partial charge >= 0.3 is 5.97 Å². The van der Waals surface area contributed by atoms with Crippen molar-refractivity contribution >= 4 is 12.0 Å². The van der Waals surface area contributed by atoms with Crippen molar-refractivity contribution in [3.05, 3.63) is 53.1 Å². The molecule has 0 saturated heterocycles. The topological polar surface area (TPSA) is 107 Å². The lowest BCUT2D eigenvalue weighted by molar-refractivity contribution is 0.0692. The van der Waals surface area contributed by atoms with E-state index in [4.69, 9.17) is 4.74 Å². The lowest BCUT2D eigenvalue weighted by Gasteiger charge is -2.33. The number of ether oxygens (including phenoxy) is 1. The smallest absolute Gasteiger partial charge is 0.339 e. The molecule has 1 aromatic carbocycles. The number of hydrogen-bond donors (Lipinski definition) is 4. The minimum Gasteiger partial charge on any atom is -0.506 e. The van der Waals surface area contributed by atoms with Crippen LogP contribution in [0.15, 0.2) is 36.4 Å². The number of aliphatic hydroxyl groups is 2. The molecule has 0 aromatic heterocycles. The summed E-state index contributed by atoms with van der Waals surface area (Å²) in [6.07, 6.45) is 3.95. The highest BCUT2D eigenvalue weighted by atomic mass is 16.5. The van der Waals surface area contributed by atoms with E-state index >= 15 is 0 Å². The Kier molecular flexibility index (Phi) is 6.93. The van der Waals surface area contributed by atoms with E-state index in [0.717, 1.165) is 0 Å². The third-order valence-corrected chi connectivity index (χ3v) is 5.35. The Hall–Kier alpha value is -2.57. The summed E-state index contributed by atoms with van der Waals surface area (Å²) < 4.78 is 6.04. The van der Waals surface area contributed by atoms with E-state index in [1.54, 1.807) is 32.1 Å². The molecule has 0 radical (unpaired) electrons. The number of carboxylic acids is 1. The number of aryl methyl sites for hydroxylation is 1. The molecule has 158 valence electrons. The SMILES string of the molecule is C=C(C)[C@H](O)CCC(=C)[C@H](O)CC[C@]1(C)C=Cc2c(cc(C)c(C(=O)O)c2O)O1. The van der Waals surface area contributed by atoms with E-state index in [-0.39, 0.29) is 11.3 Å². The Morgan fingerprint density at radius 3 is 2.48 bits per heavy atom. The molecule has 0 unspecified atom stereocenters. The van der Waals surface area contributed by atoms with Gasteiger partial charge in [0, 0.05) is 0 Å². The Morgan fingerprint density at radius 2 is 1.90 bits per heavy atom. The molecule has 3 atom stereocenters. The number of aromatic hydroxyl groups is 1. The summed E-state index contributed by atoms with van der Waals surface area (Å²) in [5, 5.41) is 39.8. The average molecular weight is 402 g/mol. The molecule has 0 spiro atoms. The van der Waals surface area contributed by atoms with Crippen molar-refractivity contribution in [3.8, 4) is 11.5 Å². The van der Waals surface area contributed by atoms with Gasteiger partial charge in [0.25, 0.3) is 0 Å². The van der Waals surface area contributed by atoms with Crippen LogP contribution < -0.4 is 4.74 Å². The molecule has 2 rings (SSSR count). The van der Waals surface area contributed by atoms with Gasteiger partial charge < -0.3 is 25.2 Å². The number of rotatable bonds is 9. The highest BCUT2D eigenvalue weighted by Crippen LogP contribution is 2.41. The van der Waals surface area contributed by atoms with E-state index in [0.29, 0.717) is 53.7 Å². The van der Waals surface area contributed by atoms with Gasteiger partial charge in [0.05, 0.1) is 17.8 Å². The van der Waals surface area contributed by atoms with Crippen LogP contribution >= 0.6 is 0 Å². The van der Waals surface area contributed by atoms with Crippen molar-refractivity contribution in [2.45, 2.75) is 64.3 Å². The quantitative estimate of drug-likeness (QED) is 0.466. The number of aliphatic hydroxyl groups excluding tert-OH is 2. The van der Waals surface area contributed by atoms with Crippen LogP contribution in [0.1, 0.15) is 61.0 Å². The third-order valence-electron chi connectivity index (χ3n) is 5.35. The molecular formula is C23H30O6. The normalized spacial score (nSPS) is 19.8. The van der Waals surface area contributed by atoms with Gasteiger partial charge in [-0.1, -0.05) is 18.7 Å². The largest absolute Gasteiger partial charge is 0.506 e. The van der Waals surface area contributed by atoms with Crippen molar-refractivity contribution in [1.82, 2.24) is 0 Å². The summed E-state index contributed by atoms with van der Waals surface area (Å²) >= 11 is 0. The predicted molar refractivity (Wildman–Crippen MR) is 112 cm³/mol. The minimum absolute atomic E-state index is 0.135. The molecule has 1 aromatic rings. The zero-order chi connectivity index (χ0) is 21.9. The number of benzene rings is 1. The summed E-state index contributed by atoms with van der Waals surface area (Å²) in [5.41, 5.74) is 1.23. The number of phenols is 1. The van der Waals surface area contributed by atoms with Crippen molar-refractivity contribution in [2.75, 3.05) is 0 Å². The summed E-state index contributed by atoms with van der Waals surface area (Å²) in [5.74, 6) is -1.09. The molecule has 0 aliphatic carbocycles. The Morgan fingerprint density at radius 1 is 1.24 bits per heavy atom. The van der Waals surface area contributed by atoms with Gasteiger partial charge in [0.1, 0.15) is 22.7 Å². The first kappa shape index (κ1) is 22.7. The summed E-state index contributed by atoms with van der Waals surface area (Å²) in [4.78, 5) is 11.3. The maximum atomic E-state index is 11.3. The van der Waals surface area contributed by atoms with Crippen LogP contribution in [0.4, 0.5) is 0 Å². The Bertz CT molecular complexity index is 853. The maximum absolute atomic E-state index is 11.3. The van der Waals surface area contributed by atoms with Crippen molar-refractivity contribution in [3.63, 3.8) is 0 Å². The Balaban J connectivity index is 2.04. The van der Waals surface area contributed by atoms with Gasteiger partial charge in [-0.2, -0.15) is 0 Å². The number of aromatic carboxylic acids is 1. The first-order valence-electron chi connectivity index (χ1n) is 9.62. The highest BCUT2D eigenvalue weighted by molar-refractivity contribution is 5.95.